The quantitative estimate of drug-likeness (QED) is 0.263. The van der Waals surface area contributed by atoms with Gasteiger partial charge in [-0.15, -0.1) is 24.0 Å². The monoisotopic (exact) mass is 553 g/mol. The zero-order valence-electron chi connectivity index (χ0n) is 17.2. The van der Waals surface area contributed by atoms with E-state index in [0.29, 0.717) is 36.3 Å². The third kappa shape index (κ3) is 6.10. The smallest absolute Gasteiger partial charge is 0.228 e. The number of rotatable bonds is 6. The van der Waals surface area contributed by atoms with Crippen LogP contribution in [0.15, 0.2) is 58.0 Å². The summed E-state index contributed by atoms with van der Waals surface area (Å²) >= 11 is 5.93. The molecular formula is C22H25ClIN5O2. The van der Waals surface area contributed by atoms with Crippen molar-refractivity contribution in [3.8, 4) is 17.1 Å². The van der Waals surface area contributed by atoms with Crippen LogP contribution in [0.4, 0.5) is 0 Å². The number of ether oxygens (including phenoxy) is 1. The number of guanidine groups is 1. The van der Waals surface area contributed by atoms with Crippen molar-refractivity contribution in [3.05, 3.63) is 65.0 Å². The molecule has 0 fully saturated rings. The number of fused-ring (bicyclic) bond motifs is 1. The van der Waals surface area contributed by atoms with Crippen molar-refractivity contribution in [3.63, 3.8) is 0 Å². The molecule has 0 spiro atoms. The first kappa shape index (κ1) is 23.3. The molecule has 2 N–H and O–H groups in total. The van der Waals surface area contributed by atoms with E-state index in [2.05, 4.69) is 31.8 Å². The Hall–Kier alpha value is -2.33. The number of para-hydroxylation sites is 1. The van der Waals surface area contributed by atoms with Gasteiger partial charge in [-0.2, -0.15) is 4.98 Å². The molecule has 31 heavy (non-hydrogen) atoms. The average Bonchev–Trinajstić information content (AvgIpc) is 3.23. The normalized spacial score (nSPS) is 15.4. The molecule has 1 unspecified atom stereocenters. The molecule has 2 aromatic carbocycles. The molecule has 0 saturated heterocycles. The minimum Gasteiger partial charge on any atom is -0.493 e. The lowest BCUT2D eigenvalue weighted by molar-refractivity contribution is 0.261. The van der Waals surface area contributed by atoms with Crippen LogP contribution in [0.1, 0.15) is 30.8 Å². The molecule has 9 heteroatoms. The Morgan fingerprint density at radius 2 is 2.00 bits per heavy atom. The first-order chi connectivity index (χ1) is 14.7. The Balaban J connectivity index is 0.00000272. The molecule has 2 heterocycles. The van der Waals surface area contributed by atoms with Gasteiger partial charge >= 0.3 is 0 Å². The Bertz CT molecular complexity index is 1010. The van der Waals surface area contributed by atoms with Gasteiger partial charge < -0.3 is 19.9 Å². The topological polar surface area (TPSA) is 84.6 Å². The molecule has 1 aliphatic heterocycles. The summed E-state index contributed by atoms with van der Waals surface area (Å²) in [6.07, 6.45) is 1.44. The van der Waals surface area contributed by atoms with Gasteiger partial charge in [-0.1, -0.05) is 35.0 Å². The largest absolute Gasteiger partial charge is 0.493 e. The predicted molar refractivity (Wildman–Crippen MR) is 132 cm³/mol. The van der Waals surface area contributed by atoms with E-state index in [1.54, 1.807) is 12.1 Å². The lowest BCUT2D eigenvalue weighted by Gasteiger charge is -2.28. The summed E-state index contributed by atoms with van der Waals surface area (Å²) in [4.78, 5) is 9.13. The second kappa shape index (κ2) is 11.3. The van der Waals surface area contributed by atoms with E-state index in [4.69, 9.17) is 20.9 Å². The molecule has 3 aromatic rings. The lowest BCUT2D eigenvalue weighted by Crippen LogP contribution is -2.41. The Morgan fingerprint density at radius 3 is 2.81 bits per heavy atom. The van der Waals surface area contributed by atoms with Crippen LogP contribution < -0.4 is 15.4 Å². The number of hydrogen-bond acceptors (Lipinski definition) is 5. The summed E-state index contributed by atoms with van der Waals surface area (Å²) in [7, 11) is 0. The van der Waals surface area contributed by atoms with Gasteiger partial charge in [0.05, 0.1) is 19.2 Å². The summed E-state index contributed by atoms with van der Waals surface area (Å²) in [6.45, 7) is 4.04. The predicted octanol–water partition coefficient (Wildman–Crippen LogP) is 4.63. The minimum atomic E-state index is 0. The minimum absolute atomic E-state index is 0. The van der Waals surface area contributed by atoms with E-state index in [1.807, 2.05) is 37.3 Å². The number of halogens is 2. The van der Waals surface area contributed by atoms with E-state index in [-0.39, 0.29) is 30.0 Å². The van der Waals surface area contributed by atoms with Crippen LogP contribution >= 0.6 is 35.6 Å². The number of aliphatic imine (C=N–C) groups is 1. The highest BCUT2D eigenvalue weighted by molar-refractivity contribution is 14.0. The molecule has 4 rings (SSSR count). The highest BCUT2D eigenvalue weighted by Crippen LogP contribution is 2.31. The standard InChI is InChI=1S/C22H24ClN5O2.HI/c1-2-24-22(26-18-12-14-29-19-6-4-3-5-17(18)19)25-13-11-20-27-21(28-30-20)15-7-9-16(23)10-8-15;/h3-10,18H,2,11-14H2,1H3,(H2,24,25,26);1H. The lowest BCUT2D eigenvalue weighted by atomic mass is 10.0. The van der Waals surface area contributed by atoms with Crippen LogP contribution in [0.3, 0.4) is 0 Å². The summed E-state index contributed by atoms with van der Waals surface area (Å²) in [6, 6.07) is 15.6. The Morgan fingerprint density at radius 1 is 1.19 bits per heavy atom. The van der Waals surface area contributed by atoms with E-state index < -0.39 is 0 Å². The Kier molecular flexibility index (Phi) is 8.53. The molecule has 1 atom stereocenters. The number of aromatic nitrogens is 2. The highest BCUT2D eigenvalue weighted by Gasteiger charge is 2.21. The van der Waals surface area contributed by atoms with Gasteiger partial charge in [0.25, 0.3) is 0 Å². The zero-order chi connectivity index (χ0) is 20.8. The molecule has 1 aromatic heterocycles. The third-order valence-electron chi connectivity index (χ3n) is 4.78. The van der Waals surface area contributed by atoms with Crippen molar-refractivity contribution in [1.82, 2.24) is 20.8 Å². The van der Waals surface area contributed by atoms with Crippen molar-refractivity contribution in [1.29, 1.82) is 0 Å². The molecule has 1 aliphatic rings. The summed E-state index contributed by atoms with van der Waals surface area (Å²) < 4.78 is 11.1. The highest BCUT2D eigenvalue weighted by atomic mass is 127. The number of benzene rings is 2. The number of nitrogens with one attached hydrogen (secondary N) is 2. The van der Waals surface area contributed by atoms with Gasteiger partial charge in [-0.3, -0.25) is 4.99 Å². The van der Waals surface area contributed by atoms with E-state index in [0.717, 1.165) is 35.8 Å². The second-order valence-corrected chi connectivity index (χ2v) is 7.34. The van der Waals surface area contributed by atoms with Crippen molar-refractivity contribution in [2.75, 3.05) is 19.7 Å². The zero-order valence-corrected chi connectivity index (χ0v) is 20.3. The first-order valence-electron chi connectivity index (χ1n) is 10.1. The van der Waals surface area contributed by atoms with Crippen LogP contribution in [-0.2, 0) is 6.42 Å². The van der Waals surface area contributed by atoms with Crippen molar-refractivity contribution in [2.24, 2.45) is 4.99 Å². The molecule has 0 bridgehead atoms. The van der Waals surface area contributed by atoms with Crippen LogP contribution in [0.25, 0.3) is 11.4 Å². The fraction of sp³-hybridized carbons (Fsp3) is 0.318. The van der Waals surface area contributed by atoms with E-state index >= 15 is 0 Å². The molecule has 7 nitrogen and oxygen atoms in total. The first-order valence-corrected chi connectivity index (χ1v) is 10.5. The molecule has 164 valence electrons. The number of nitrogens with zero attached hydrogens (tertiary/aromatic N) is 3. The van der Waals surface area contributed by atoms with Crippen molar-refractivity contribution >= 4 is 41.5 Å². The maximum Gasteiger partial charge on any atom is 0.228 e. The molecule has 0 saturated carbocycles. The van der Waals surface area contributed by atoms with Gasteiger partial charge in [-0.25, -0.2) is 0 Å². The van der Waals surface area contributed by atoms with Crippen molar-refractivity contribution < 1.29 is 9.26 Å². The van der Waals surface area contributed by atoms with Gasteiger partial charge in [0.2, 0.25) is 11.7 Å². The van der Waals surface area contributed by atoms with E-state index in [9.17, 15) is 0 Å². The third-order valence-corrected chi connectivity index (χ3v) is 5.03. The fourth-order valence-electron chi connectivity index (χ4n) is 3.31. The molecule has 0 radical (unpaired) electrons. The SMILES string of the molecule is CCNC(=NCCc1nc(-c2ccc(Cl)cc2)no1)NC1CCOc2ccccc21.I. The van der Waals surface area contributed by atoms with Gasteiger partial charge in [-0.05, 0) is 37.3 Å². The van der Waals surface area contributed by atoms with Crippen LogP contribution in [0.5, 0.6) is 5.75 Å². The van der Waals surface area contributed by atoms with Crippen LogP contribution in [0, 0.1) is 0 Å². The molecular weight excluding hydrogens is 529 g/mol. The summed E-state index contributed by atoms with van der Waals surface area (Å²) in [5.74, 6) is 2.79. The van der Waals surface area contributed by atoms with Crippen LogP contribution in [-0.4, -0.2) is 35.8 Å². The van der Waals surface area contributed by atoms with Gasteiger partial charge in [0, 0.05) is 35.5 Å². The van der Waals surface area contributed by atoms with Gasteiger partial charge in [0.15, 0.2) is 5.96 Å². The Labute approximate surface area is 203 Å². The fourth-order valence-corrected chi connectivity index (χ4v) is 3.44. The average molecular weight is 554 g/mol. The second-order valence-electron chi connectivity index (χ2n) is 6.90. The maximum atomic E-state index is 5.93. The molecule has 0 amide bonds. The summed E-state index contributed by atoms with van der Waals surface area (Å²) in [5.41, 5.74) is 2.02. The number of hydrogen-bond donors (Lipinski definition) is 2. The van der Waals surface area contributed by atoms with Crippen molar-refractivity contribution in [2.45, 2.75) is 25.8 Å². The van der Waals surface area contributed by atoms with Crippen LogP contribution in [0.2, 0.25) is 5.02 Å². The maximum absolute atomic E-state index is 5.93. The van der Waals surface area contributed by atoms with E-state index in [1.165, 1.54) is 0 Å². The van der Waals surface area contributed by atoms with Gasteiger partial charge in [0.1, 0.15) is 5.75 Å². The molecule has 0 aliphatic carbocycles. The summed E-state index contributed by atoms with van der Waals surface area (Å²) in [5, 5.41) is 11.5.